The van der Waals surface area contributed by atoms with Crippen molar-refractivity contribution < 1.29 is 8.78 Å². The van der Waals surface area contributed by atoms with Gasteiger partial charge in [-0.25, -0.2) is 18.7 Å². The van der Waals surface area contributed by atoms with E-state index >= 15 is 0 Å². The average Bonchev–Trinajstić information content (AvgIpc) is 3.46. The van der Waals surface area contributed by atoms with Gasteiger partial charge in [0.2, 0.25) is 0 Å². The van der Waals surface area contributed by atoms with Crippen LogP contribution in [0, 0.1) is 18.3 Å². The first-order chi connectivity index (χ1) is 16.0. The van der Waals surface area contributed by atoms with E-state index in [4.69, 9.17) is 5.26 Å². The summed E-state index contributed by atoms with van der Waals surface area (Å²) in [5.74, 6) is 0.543. The Morgan fingerprint density at radius 1 is 1.03 bits per heavy atom. The zero-order valence-corrected chi connectivity index (χ0v) is 18.3. The lowest BCUT2D eigenvalue weighted by molar-refractivity contribution is 0.151. The topological polar surface area (TPSA) is 77.4 Å². The fourth-order valence-electron chi connectivity index (χ4n) is 3.55. The number of nitrogens with zero attached hydrogens (tertiary/aromatic N) is 3. The molecule has 33 heavy (non-hydrogen) atoms. The van der Waals surface area contributed by atoms with E-state index in [9.17, 15) is 8.78 Å². The molecular weight excluding hydrogens is 440 g/mol. The van der Waals surface area contributed by atoms with Gasteiger partial charge in [0.15, 0.2) is 5.13 Å². The number of H-pyrrole nitrogens is 1. The first-order valence-corrected chi connectivity index (χ1v) is 11.0. The minimum Gasteiger partial charge on any atom is -0.338 e. The molecule has 0 unspecified atom stereocenters. The van der Waals surface area contributed by atoms with Crippen LogP contribution in [0.15, 0.2) is 66.0 Å². The molecular formula is C25H17F2N5S. The molecule has 0 saturated heterocycles. The average molecular weight is 458 g/mol. The summed E-state index contributed by atoms with van der Waals surface area (Å²) in [4.78, 5) is 12.5. The van der Waals surface area contributed by atoms with Gasteiger partial charge in [-0.2, -0.15) is 5.26 Å². The van der Waals surface area contributed by atoms with Crippen molar-refractivity contribution in [1.29, 1.82) is 5.26 Å². The number of anilines is 2. The van der Waals surface area contributed by atoms with Gasteiger partial charge in [-0.3, -0.25) is 0 Å². The number of halogens is 2. The van der Waals surface area contributed by atoms with Crippen LogP contribution in [-0.2, 0) is 0 Å². The van der Waals surface area contributed by atoms with Crippen molar-refractivity contribution >= 4 is 33.2 Å². The van der Waals surface area contributed by atoms with Crippen molar-refractivity contribution in [2.45, 2.75) is 13.3 Å². The van der Waals surface area contributed by atoms with Gasteiger partial charge in [0.25, 0.3) is 6.43 Å². The predicted molar refractivity (Wildman–Crippen MR) is 127 cm³/mol. The quantitative estimate of drug-likeness (QED) is 0.292. The summed E-state index contributed by atoms with van der Waals surface area (Å²) in [6.45, 7) is 1.97. The molecule has 0 atom stereocenters. The van der Waals surface area contributed by atoms with Crippen LogP contribution in [0.5, 0.6) is 0 Å². The molecule has 162 valence electrons. The molecule has 3 aromatic carbocycles. The van der Waals surface area contributed by atoms with Crippen molar-refractivity contribution in [2.75, 3.05) is 5.32 Å². The van der Waals surface area contributed by atoms with E-state index in [0.717, 1.165) is 38.7 Å². The molecule has 0 bridgehead atoms. The summed E-state index contributed by atoms with van der Waals surface area (Å²) >= 11 is 1.49. The van der Waals surface area contributed by atoms with Crippen molar-refractivity contribution in [2.24, 2.45) is 0 Å². The van der Waals surface area contributed by atoms with Crippen molar-refractivity contribution in [3.63, 3.8) is 0 Å². The molecule has 0 aliphatic heterocycles. The maximum atomic E-state index is 13.1. The third kappa shape index (κ3) is 4.19. The zero-order chi connectivity index (χ0) is 22.9. The number of thiazole rings is 1. The highest BCUT2D eigenvalue weighted by atomic mass is 32.1. The van der Waals surface area contributed by atoms with E-state index in [1.54, 1.807) is 24.3 Å². The van der Waals surface area contributed by atoms with Crippen molar-refractivity contribution in [3.05, 3.63) is 82.7 Å². The van der Waals surface area contributed by atoms with Gasteiger partial charge in [0, 0.05) is 27.8 Å². The second-order valence-electron chi connectivity index (χ2n) is 7.55. The minimum absolute atomic E-state index is 0.0340. The minimum atomic E-state index is -2.53. The van der Waals surface area contributed by atoms with E-state index < -0.39 is 6.43 Å². The Morgan fingerprint density at radius 3 is 2.61 bits per heavy atom. The maximum absolute atomic E-state index is 13.1. The highest BCUT2D eigenvalue weighted by Crippen LogP contribution is 2.32. The zero-order valence-electron chi connectivity index (χ0n) is 17.4. The number of nitriles is 1. The number of hydrogen-bond acceptors (Lipinski definition) is 5. The number of imidazole rings is 1. The second kappa shape index (κ2) is 8.45. The Morgan fingerprint density at radius 2 is 1.85 bits per heavy atom. The number of fused-ring (bicyclic) bond motifs is 1. The van der Waals surface area contributed by atoms with Crippen LogP contribution in [0.2, 0.25) is 0 Å². The Balaban J connectivity index is 1.42. The molecule has 0 aliphatic carbocycles. The number of rotatable bonds is 5. The molecule has 0 fully saturated rings. The van der Waals surface area contributed by atoms with Gasteiger partial charge in [0.05, 0.1) is 28.4 Å². The summed E-state index contributed by atoms with van der Waals surface area (Å²) < 4.78 is 26.1. The van der Waals surface area contributed by atoms with Gasteiger partial charge >= 0.3 is 0 Å². The first-order valence-electron chi connectivity index (χ1n) is 10.1. The third-order valence-electron chi connectivity index (χ3n) is 5.30. The monoisotopic (exact) mass is 457 g/mol. The standard InChI is InChI=1S/C25H17F2N5S/c1-14-9-20-21(30-24(29-20)18-4-2-3-17(10-18)23(26)27)11-19(14)31-25-32-22(13-33-25)16-7-5-15(12-28)6-8-16/h2-11,13,23H,1H3,(H,29,30)(H,31,32). The van der Waals surface area contributed by atoms with Gasteiger partial charge in [-0.15, -0.1) is 11.3 Å². The van der Waals surface area contributed by atoms with Crippen LogP contribution < -0.4 is 5.32 Å². The molecule has 2 heterocycles. The van der Waals surface area contributed by atoms with E-state index in [1.807, 2.05) is 36.6 Å². The molecule has 0 amide bonds. The number of alkyl halides is 2. The smallest absolute Gasteiger partial charge is 0.263 e. The Kier molecular flexibility index (Phi) is 5.32. The lowest BCUT2D eigenvalue weighted by Crippen LogP contribution is -1.93. The Bertz CT molecular complexity index is 1500. The lowest BCUT2D eigenvalue weighted by Gasteiger charge is -2.06. The van der Waals surface area contributed by atoms with Crippen LogP contribution >= 0.6 is 11.3 Å². The number of aryl methyl sites for hydroxylation is 1. The van der Waals surface area contributed by atoms with E-state index in [1.165, 1.54) is 23.5 Å². The summed E-state index contributed by atoms with van der Waals surface area (Å²) in [5.41, 5.74) is 6.37. The molecule has 0 radical (unpaired) electrons. The third-order valence-corrected chi connectivity index (χ3v) is 6.05. The van der Waals surface area contributed by atoms with Crippen LogP contribution in [0.25, 0.3) is 33.7 Å². The number of benzene rings is 3. The van der Waals surface area contributed by atoms with Gasteiger partial charge in [0.1, 0.15) is 5.82 Å². The molecule has 2 aromatic heterocycles. The molecule has 5 aromatic rings. The Hall–Kier alpha value is -4.09. The predicted octanol–water partition coefficient (Wildman–Crippen LogP) is 7.21. The second-order valence-corrected chi connectivity index (χ2v) is 8.41. The van der Waals surface area contributed by atoms with E-state index in [0.29, 0.717) is 17.0 Å². The number of aromatic nitrogens is 3. The maximum Gasteiger partial charge on any atom is 0.263 e. The van der Waals surface area contributed by atoms with Crippen LogP contribution in [0.1, 0.15) is 23.1 Å². The highest BCUT2D eigenvalue weighted by Gasteiger charge is 2.13. The van der Waals surface area contributed by atoms with Crippen molar-refractivity contribution in [1.82, 2.24) is 15.0 Å². The largest absolute Gasteiger partial charge is 0.338 e. The number of aromatic amines is 1. The van der Waals surface area contributed by atoms with Crippen LogP contribution in [0.3, 0.4) is 0 Å². The van der Waals surface area contributed by atoms with Gasteiger partial charge in [-0.05, 0) is 42.8 Å². The fourth-order valence-corrected chi connectivity index (χ4v) is 4.28. The summed E-state index contributed by atoms with van der Waals surface area (Å²) in [7, 11) is 0. The van der Waals surface area contributed by atoms with Gasteiger partial charge in [-0.1, -0.05) is 30.3 Å². The van der Waals surface area contributed by atoms with Crippen LogP contribution in [0.4, 0.5) is 19.6 Å². The normalized spacial score (nSPS) is 11.1. The summed E-state index contributed by atoms with van der Waals surface area (Å²) in [6.07, 6.45) is -2.53. The van der Waals surface area contributed by atoms with Crippen LogP contribution in [-0.4, -0.2) is 15.0 Å². The molecule has 2 N–H and O–H groups in total. The fraction of sp³-hybridized carbons (Fsp3) is 0.0800. The highest BCUT2D eigenvalue weighted by molar-refractivity contribution is 7.14. The first kappa shape index (κ1) is 20.8. The summed E-state index contributed by atoms with van der Waals surface area (Å²) in [6, 6.07) is 19.5. The van der Waals surface area contributed by atoms with E-state index in [-0.39, 0.29) is 5.56 Å². The van der Waals surface area contributed by atoms with E-state index in [2.05, 4.69) is 26.3 Å². The molecule has 0 saturated carbocycles. The molecule has 0 spiro atoms. The van der Waals surface area contributed by atoms with Crippen molar-refractivity contribution in [3.8, 4) is 28.7 Å². The Labute approximate surface area is 192 Å². The number of hydrogen-bond donors (Lipinski definition) is 2. The molecule has 5 nitrogen and oxygen atoms in total. The number of nitrogens with one attached hydrogen (secondary N) is 2. The molecule has 8 heteroatoms. The molecule has 5 rings (SSSR count). The molecule has 0 aliphatic rings. The lowest BCUT2D eigenvalue weighted by atomic mass is 10.1. The van der Waals surface area contributed by atoms with Gasteiger partial charge < -0.3 is 10.3 Å². The SMILES string of the molecule is Cc1cc2nc(-c3cccc(C(F)F)c3)[nH]c2cc1Nc1nc(-c2ccc(C#N)cc2)cs1. The summed E-state index contributed by atoms with van der Waals surface area (Å²) in [5, 5.41) is 15.0.